The van der Waals surface area contributed by atoms with E-state index < -0.39 is 0 Å². The molecule has 1 fully saturated rings. The number of likely N-dealkylation sites (tertiary alicyclic amines) is 1. The van der Waals surface area contributed by atoms with Crippen LogP contribution in [0.15, 0.2) is 34.1 Å². The van der Waals surface area contributed by atoms with Gasteiger partial charge in [-0.15, -0.1) is 23.5 Å². The maximum atomic E-state index is 11.5. The van der Waals surface area contributed by atoms with Crippen molar-refractivity contribution in [3.63, 3.8) is 0 Å². The third-order valence-corrected chi connectivity index (χ3v) is 11.7. The second-order valence-corrected chi connectivity index (χ2v) is 19.9. The van der Waals surface area contributed by atoms with Crippen molar-refractivity contribution in [2.75, 3.05) is 39.5 Å². The Balaban J connectivity index is 2.22. The Morgan fingerprint density at radius 2 is 1.27 bits per heavy atom. The SMILES string of the molecule is CC(C)(C)c1cc(SC2(Sc3ccc(C(C)(C)C)c(OCCO)c3C(C)(C)C)CCN(CCCO)CC2)cc(C(C)(C)C)c1O. The smallest absolute Gasteiger partial charge is 0.127 e. The quantitative estimate of drug-likeness (QED) is 0.220. The number of aliphatic hydroxyl groups excluding tert-OH is 2. The van der Waals surface area contributed by atoms with Crippen LogP contribution < -0.4 is 4.74 Å². The number of aliphatic hydroxyl groups is 2. The van der Waals surface area contributed by atoms with E-state index in [1.54, 1.807) is 0 Å². The Morgan fingerprint density at radius 1 is 0.733 bits per heavy atom. The second kappa shape index (κ2) is 14.4. The summed E-state index contributed by atoms with van der Waals surface area (Å²) in [6.07, 6.45) is 2.77. The molecule has 2 aromatic rings. The van der Waals surface area contributed by atoms with Crippen molar-refractivity contribution < 1.29 is 20.1 Å². The summed E-state index contributed by atoms with van der Waals surface area (Å²) in [5, 5.41) is 30.7. The molecule has 0 amide bonds. The highest BCUT2D eigenvalue weighted by Crippen LogP contribution is 2.56. The maximum Gasteiger partial charge on any atom is 0.127 e. The van der Waals surface area contributed by atoms with Crippen molar-refractivity contribution in [1.82, 2.24) is 4.90 Å². The largest absolute Gasteiger partial charge is 0.507 e. The molecular formula is C38H61NO4S2. The van der Waals surface area contributed by atoms with Crippen LogP contribution in [0.1, 0.15) is 125 Å². The van der Waals surface area contributed by atoms with Crippen LogP contribution in [0.2, 0.25) is 0 Å². The predicted octanol–water partition coefficient (Wildman–Crippen LogP) is 9.01. The Bertz CT molecular complexity index is 1250. The van der Waals surface area contributed by atoms with E-state index in [2.05, 4.69) is 112 Å². The number of ether oxygens (including phenoxy) is 1. The number of rotatable bonds is 10. The summed E-state index contributed by atoms with van der Waals surface area (Å²) in [6.45, 7) is 29.8. The van der Waals surface area contributed by atoms with E-state index in [0.29, 0.717) is 5.75 Å². The minimum Gasteiger partial charge on any atom is -0.507 e. The van der Waals surface area contributed by atoms with Gasteiger partial charge >= 0.3 is 0 Å². The molecule has 254 valence electrons. The molecule has 7 heteroatoms. The van der Waals surface area contributed by atoms with E-state index >= 15 is 0 Å². The summed E-state index contributed by atoms with van der Waals surface area (Å²) in [5.41, 5.74) is 3.65. The van der Waals surface area contributed by atoms with E-state index in [0.717, 1.165) is 61.3 Å². The fraction of sp³-hybridized carbons (Fsp3) is 0.684. The minimum atomic E-state index is -0.199. The molecule has 45 heavy (non-hydrogen) atoms. The van der Waals surface area contributed by atoms with Crippen LogP contribution in [0.25, 0.3) is 0 Å². The van der Waals surface area contributed by atoms with Crippen LogP contribution in [0, 0.1) is 0 Å². The topological polar surface area (TPSA) is 73.2 Å². The van der Waals surface area contributed by atoms with Gasteiger partial charge in [0.25, 0.3) is 0 Å². The number of hydrogen-bond donors (Lipinski definition) is 3. The van der Waals surface area contributed by atoms with Gasteiger partial charge in [-0.3, -0.25) is 0 Å². The molecule has 2 aromatic carbocycles. The number of nitrogens with zero attached hydrogens (tertiary/aromatic N) is 1. The number of phenols is 1. The Hall–Kier alpha value is -1.38. The number of benzene rings is 2. The highest BCUT2D eigenvalue weighted by molar-refractivity contribution is 8.18. The number of phenolic OH excluding ortho intramolecular Hbond substituents is 1. The van der Waals surface area contributed by atoms with Crippen molar-refractivity contribution >= 4 is 23.5 Å². The highest BCUT2D eigenvalue weighted by Gasteiger charge is 2.40. The third kappa shape index (κ3) is 9.59. The molecule has 0 atom stereocenters. The first-order valence-electron chi connectivity index (χ1n) is 16.6. The Morgan fingerprint density at radius 3 is 1.71 bits per heavy atom. The molecule has 0 saturated carbocycles. The normalized spacial score (nSPS) is 16.7. The minimum absolute atomic E-state index is 0.0267. The van der Waals surface area contributed by atoms with Gasteiger partial charge < -0.3 is 25.0 Å². The molecular weight excluding hydrogens is 599 g/mol. The van der Waals surface area contributed by atoms with E-state index in [9.17, 15) is 15.3 Å². The van der Waals surface area contributed by atoms with Crippen LogP contribution in [0.4, 0.5) is 0 Å². The van der Waals surface area contributed by atoms with Gasteiger partial charge in [-0.2, -0.15) is 0 Å². The summed E-state index contributed by atoms with van der Waals surface area (Å²) >= 11 is 3.92. The molecule has 1 saturated heterocycles. The lowest BCUT2D eigenvalue weighted by atomic mass is 9.79. The van der Waals surface area contributed by atoms with Crippen LogP contribution in [0.3, 0.4) is 0 Å². The van der Waals surface area contributed by atoms with Gasteiger partial charge in [0.15, 0.2) is 0 Å². The lowest BCUT2D eigenvalue weighted by Crippen LogP contribution is -2.41. The van der Waals surface area contributed by atoms with Crippen molar-refractivity contribution in [3.8, 4) is 11.5 Å². The summed E-state index contributed by atoms with van der Waals surface area (Å²) in [6, 6.07) is 8.97. The average molecular weight is 660 g/mol. The first-order chi connectivity index (χ1) is 20.6. The lowest BCUT2D eigenvalue weighted by Gasteiger charge is -2.42. The van der Waals surface area contributed by atoms with Gasteiger partial charge in [-0.25, -0.2) is 0 Å². The van der Waals surface area contributed by atoms with Crippen molar-refractivity contribution in [3.05, 3.63) is 46.5 Å². The zero-order chi connectivity index (χ0) is 34.0. The zero-order valence-corrected chi connectivity index (χ0v) is 31.8. The second-order valence-electron chi connectivity index (χ2n) is 16.8. The van der Waals surface area contributed by atoms with Crippen LogP contribution in [-0.2, 0) is 21.7 Å². The van der Waals surface area contributed by atoms with Gasteiger partial charge in [0, 0.05) is 52.7 Å². The van der Waals surface area contributed by atoms with Gasteiger partial charge in [0.05, 0.1) is 10.7 Å². The third-order valence-electron chi connectivity index (χ3n) is 8.56. The molecule has 1 aliphatic heterocycles. The van der Waals surface area contributed by atoms with E-state index in [1.165, 1.54) is 15.4 Å². The Kier molecular flexibility index (Phi) is 12.2. The molecule has 1 aliphatic rings. The fourth-order valence-electron chi connectivity index (χ4n) is 6.11. The lowest BCUT2D eigenvalue weighted by molar-refractivity contribution is 0.195. The van der Waals surface area contributed by atoms with Crippen molar-refractivity contribution in [2.24, 2.45) is 0 Å². The number of piperidine rings is 1. The standard InChI is InChI=1S/C38H61NO4S2/c1-34(2,3)27-14-15-30(31(37(10,11)12)33(27)43-23-22-41)45-38(16-19-39(20-17-38)18-13-21-40)44-26-24-28(35(4,5)6)32(42)29(25-26)36(7,8)9/h14-15,24-25,40-42H,13,16-23H2,1-12H3. The molecule has 0 aromatic heterocycles. The van der Waals surface area contributed by atoms with E-state index in [-0.39, 0.29) is 45.6 Å². The van der Waals surface area contributed by atoms with Crippen LogP contribution in [-0.4, -0.2) is 63.8 Å². The monoisotopic (exact) mass is 659 g/mol. The van der Waals surface area contributed by atoms with Crippen LogP contribution in [0.5, 0.6) is 11.5 Å². The summed E-state index contributed by atoms with van der Waals surface area (Å²) < 4.78 is 6.26. The molecule has 3 rings (SSSR count). The molecule has 5 nitrogen and oxygen atoms in total. The molecule has 0 unspecified atom stereocenters. The maximum absolute atomic E-state index is 11.5. The molecule has 1 heterocycles. The van der Waals surface area contributed by atoms with Crippen molar-refractivity contribution in [1.29, 1.82) is 0 Å². The summed E-state index contributed by atoms with van der Waals surface area (Å²) in [4.78, 5) is 4.90. The van der Waals surface area contributed by atoms with Gasteiger partial charge in [0.1, 0.15) is 18.1 Å². The molecule has 0 radical (unpaired) electrons. The molecule has 0 spiro atoms. The first-order valence-corrected chi connectivity index (χ1v) is 18.3. The highest BCUT2D eigenvalue weighted by atomic mass is 32.2. The molecule has 0 bridgehead atoms. The van der Waals surface area contributed by atoms with Crippen molar-refractivity contribution in [2.45, 2.75) is 138 Å². The van der Waals surface area contributed by atoms with E-state index in [4.69, 9.17) is 4.74 Å². The molecule has 0 aliphatic carbocycles. The first kappa shape index (κ1) is 38.1. The predicted molar refractivity (Wildman–Crippen MR) is 194 cm³/mol. The summed E-state index contributed by atoms with van der Waals surface area (Å²) in [7, 11) is 0. The number of hydrogen-bond acceptors (Lipinski definition) is 7. The van der Waals surface area contributed by atoms with Gasteiger partial charge in [-0.1, -0.05) is 89.2 Å². The Labute approximate surface area is 282 Å². The van der Waals surface area contributed by atoms with Gasteiger partial charge in [0.2, 0.25) is 0 Å². The average Bonchev–Trinajstić information content (AvgIpc) is 2.89. The summed E-state index contributed by atoms with van der Waals surface area (Å²) in [5.74, 6) is 1.32. The molecule has 3 N–H and O–H groups in total. The van der Waals surface area contributed by atoms with Crippen LogP contribution >= 0.6 is 23.5 Å². The number of aromatic hydroxyl groups is 1. The number of thioether (sulfide) groups is 2. The fourth-order valence-corrected chi connectivity index (χ4v) is 9.43. The van der Waals surface area contributed by atoms with E-state index in [1.807, 2.05) is 23.5 Å². The zero-order valence-electron chi connectivity index (χ0n) is 30.2. The van der Waals surface area contributed by atoms with Gasteiger partial charge in [-0.05, 0) is 64.7 Å².